The highest BCUT2D eigenvalue weighted by atomic mass is 16.5. The maximum absolute atomic E-state index is 10.2. The molecule has 4 rings (SSSR count). The highest BCUT2D eigenvalue weighted by molar-refractivity contribution is 5.12. The topological polar surface area (TPSA) is 29.5 Å². The molecule has 0 aliphatic heterocycles. The van der Waals surface area contributed by atoms with Gasteiger partial charge in [-0.3, -0.25) is 0 Å². The average molecular weight is 250 g/mol. The monoisotopic (exact) mass is 250 g/mol. The molecule has 4 aliphatic carbocycles. The molecule has 0 aromatic rings. The zero-order chi connectivity index (χ0) is 12.4. The van der Waals surface area contributed by atoms with E-state index in [-0.39, 0.29) is 6.10 Å². The molecule has 0 saturated heterocycles. The van der Waals surface area contributed by atoms with Crippen molar-refractivity contribution in [3.8, 4) is 0 Å². The lowest BCUT2D eigenvalue weighted by Gasteiger charge is -2.40. The summed E-state index contributed by atoms with van der Waals surface area (Å²) in [6.45, 7) is 5.24. The summed E-state index contributed by atoms with van der Waals surface area (Å²) < 4.78 is 5.87. The van der Waals surface area contributed by atoms with Gasteiger partial charge < -0.3 is 9.84 Å². The average Bonchev–Trinajstić information content (AvgIpc) is 3.01. The highest BCUT2D eigenvalue weighted by Gasteiger charge is 2.64. The van der Waals surface area contributed by atoms with Crippen molar-refractivity contribution in [1.82, 2.24) is 0 Å². The maximum atomic E-state index is 10.2. The first-order chi connectivity index (χ1) is 8.65. The van der Waals surface area contributed by atoms with Gasteiger partial charge in [-0.2, -0.15) is 0 Å². The van der Waals surface area contributed by atoms with E-state index >= 15 is 0 Å². The van der Waals surface area contributed by atoms with Gasteiger partial charge in [-0.25, -0.2) is 0 Å². The standard InChI is InChI=1S/C16H26O2/c1-8(2)18-7-11-3-9-4-12(11)16-13-5-10(15(9)16)6-14(13)17/h8-17H,3-7H2,1-2H3/t9?,10?,11?,12?,13?,14-,15?,16?/m0/s1. The summed E-state index contributed by atoms with van der Waals surface area (Å²) in [6.07, 6.45) is 5.70. The normalized spacial score (nSPS) is 56.7. The lowest BCUT2D eigenvalue weighted by Crippen LogP contribution is -2.39. The quantitative estimate of drug-likeness (QED) is 0.780. The predicted molar refractivity (Wildman–Crippen MR) is 70.0 cm³/mol. The second-order valence-corrected chi connectivity index (χ2v) is 7.65. The van der Waals surface area contributed by atoms with Gasteiger partial charge in [0.15, 0.2) is 0 Å². The zero-order valence-corrected chi connectivity index (χ0v) is 11.6. The van der Waals surface area contributed by atoms with Gasteiger partial charge in [0.05, 0.1) is 18.8 Å². The Bertz CT molecular complexity index is 340. The van der Waals surface area contributed by atoms with Crippen molar-refractivity contribution in [2.24, 2.45) is 41.4 Å². The van der Waals surface area contributed by atoms with Gasteiger partial charge in [0.25, 0.3) is 0 Å². The minimum atomic E-state index is 0.0299. The van der Waals surface area contributed by atoms with Crippen molar-refractivity contribution in [2.45, 2.75) is 51.7 Å². The summed E-state index contributed by atoms with van der Waals surface area (Å²) in [5, 5.41) is 10.2. The zero-order valence-electron chi connectivity index (χ0n) is 11.6. The van der Waals surface area contributed by atoms with E-state index in [1.54, 1.807) is 0 Å². The minimum absolute atomic E-state index is 0.0299. The Morgan fingerprint density at radius 2 is 1.72 bits per heavy atom. The van der Waals surface area contributed by atoms with Crippen LogP contribution in [0.1, 0.15) is 39.5 Å². The molecule has 0 spiro atoms. The van der Waals surface area contributed by atoms with E-state index in [9.17, 15) is 5.11 Å². The molecule has 1 N–H and O–H groups in total. The molecule has 0 radical (unpaired) electrons. The number of aliphatic hydroxyl groups is 1. The van der Waals surface area contributed by atoms with Crippen LogP contribution in [-0.2, 0) is 4.74 Å². The second-order valence-electron chi connectivity index (χ2n) is 7.65. The molecule has 7 unspecified atom stereocenters. The fraction of sp³-hybridized carbons (Fsp3) is 1.00. The Morgan fingerprint density at radius 3 is 2.50 bits per heavy atom. The largest absolute Gasteiger partial charge is 0.393 e. The van der Waals surface area contributed by atoms with E-state index < -0.39 is 0 Å². The van der Waals surface area contributed by atoms with Crippen LogP contribution in [0, 0.1) is 41.4 Å². The number of hydrogen-bond acceptors (Lipinski definition) is 2. The lowest BCUT2D eigenvalue weighted by atomic mass is 9.67. The van der Waals surface area contributed by atoms with Crippen LogP contribution >= 0.6 is 0 Å². The summed E-state index contributed by atoms with van der Waals surface area (Å²) in [5.74, 6) is 6.02. The van der Waals surface area contributed by atoms with Gasteiger partial charge >= 0.3 is 0 Å². The molecule has 2 nitrogen and oxygen atoms in total. The summed E-state index contributed by atoms with van der Waals surface area (Å²) in [4.78, 5) is 0. The van der Waals surface area contributed by atoms with Crippen LogP contribution in [0.15, 0.2) is 0 Å². The molecule has 0 aromatic carbocycles. The molecule has 0 aromatic heterocycles. The lowest BCUT2D eigenvalue weighted by molar-refractivity contribution is -0.0197. The van der Waals surface area contributed by atoms with Crippen LogP contribution in [0.2, 0.25) is 0 Å². The Hall–Kier alpha value is -0.0800. The van der Waals surface area contributed by atoms with Crippen LogP contribution < -0.4 is 0 Å². The first kappa shape index (κ1) is 11.7. The van der Waals surface area contributed by atoms with Crippen molar-refractivity contribution < 1.29 is 9.84 Å². The Morgan fingerprint density at radius 1 is 1.00 bits per heavy atom. The molecule has 8 atom stereocenters. The molecule has 18 heavy (non-hydrogen) atoms. The number of aliphatic hydroxyl groups excluding tert-OH is 1. The SMILES string of the molecule is CC(C)OCC1CC2CC1C1C2C2CC1[C@@H](O)C2. The van der Waals surface area contributed by atoms with Crippen LogP contribution in [-0.4, -0.2) is 23.9 Å². The van der Waals surface area contributed by atoms with Crippen LogP contribution in [0.4, 0.5) is 0 Å². The van der Waals surface area contributed by atoms with Gasteiger partial charge in [0, 0.05) is 0 Å². The maximum Gasteiger partial charge on any atom is 0.0574 e. The van der Waals surface area contributed by atoms with Crippen molar-refractivity contribution in [1.29, 1.82) is 0 Å². The molecule has 0 heterocycles. The van der Waals surface area contributed by atoms with Crippen molar-refractivity contribution in [3.05, 3.63) is 0 Å². The van der Waals surface area contributed by atoms with E-state index in [0.29, 0.717) is 12.0 Å². The molecule has 2 heteroatoms. The van der Waals surface area contributed by atoms with Crippen LogP contribution in [0.5, 0.6) is 0 Å². The number of hydrogen-bond donors (Lipinski definition) is 1. The molecular weight excluding hydrogens is 224 g/mol. The Kier molecular flexibility index (Phi) is 2.58. The molecule has 4 aliphatic rings. The second kappa shape index (κ2) is 3.96. The molecule has 4 fully saturated rings. The molecule has 4 bridgehead atoms. The Labute approximate surface area is 110 Å². The van der Waals surface area contributed by atoms with E-state index in [2.05, 4.69) is 13.8 Å². The molecule has 4 saturated carbocycles. The molecule has 102 valence electrons. The van der Waals surface area contributed by atoms with Gasteiger partial charge in [0.1, 0.15) is 0 Å². The third-order valence-electron chi connectivity index (χ3n) is 6.56. The van der Waals surface area contributed by atoms with E-state index in [1.807, 2.05) is 0 Å². The predicted octanol–water partition coefficient (Wildman–Crippen LogP) is 2.70. The number of rotatable bonds is 3. The van der Waals surface area contributed by atoms with E-state index in [4.69, 9.17) is 4.74 Å². The van der Waals surface area contributed by atoms with E-state index in [1.165, 1.54) is 19.3 Å². The van der Waals surface area contributed by atoms with Crippen LogP contribution in [0.25, 0.3) is 0 Å². The summed E-state index contributed by atoms with van der Waals surface area (Å²) in [7, 11) is 0. The number of ether oxygens (including phenoxy) is 1. The van der Waals surface area contributed by atoms with Crippen LogP contribution in [0.3, 0.4) is 0 Å². The summed E-state index contributed by atoms with van der Waals surface area (Å²) >= 11 is 0. The summed E-state index contributed by atoms with van der Waals surface area (Å²) in [6, 6.07) is 0. The van der Waals surface area contributed by atoms with Crippen molar-refractivity contribution in [3.63, 3.8) is 0 Å². The van der Waals surface area contributed by atoms with Gasteiger partial charge in [-0.1, -0.05) is 0 Å². The van der Waals surface area contributed by atoms with Crippen molar-refractivity contribution >= 4 is 0 Å². The van der Waals surface area contributed by atoms with E-state index in [0.717, 1.165) is 48.5 Å². The first-order valence-electron chi connectivity index (χ1n) is 7.94. The minimum Gasteiger partial charge on any atom is -0.393 e. The summed E-state index contributed by atoms with van der Waals surface area (Å²) in [5.41, 5.74) is 0. The van der Waals surface area contributed by atoms with Gasteiger partial charge in [-0.15, -0.1) is 0 Å². The number of fused-ring (bicyclic) bond motifs is 9. The molecular formula is C16H26O2. The fourth-order valence-corrected chi connectivity index (χ4v) is 6.21. The molecule has 0 amide bonds. The van der Waals surface area contributed by atoms with Gasteiger partial charge in [0.2, 0.25) is 0 Å². The third-order valence-corrected chi connectivity index (χ3v) is 6.56. The Balaban J connectivity index is 1.49. The van der Waals surface area contributed by atoms with Crippen molar-refractivity contribution in [2.75, 3.05) is 6.61 Å². The smallest absolute Gasteiger partial charge is 0.0574 e. The highest BCUT2D eigenvalue weighted by Crippen LogP contribution is 2.68. The van der Waals surface area contributed by atoms with Gasteiger partial charge in [-0.05, 0) is 81.0 Å². The first-order valence-corrected chi connectivity index (χ1v) is 7.94. The fourth-order valence-electron chi connectivity index (χ4n) is 6.21. The third kappa shape index (κ3) is 1.48.